The van der Waals surface area contributed by atoms with Crippen LogP contribution in [0.5, 0.6) is 0 Å². The Balaban J connectivity index is 2.00. The highest BCUT2D eigenvalue weighted by atomic mass is 16.5. The van der Waals surface area contributed by atoms with E-state index in [1.165, 1.54) is 0 Å². The van der Waals surface area contributed by atoms with Gasteiger partial charge in [0.1, 0.15) is 5.82 Å². The third kappa shape index (κ3) is 1.71. The Labute approximate surface area is 82.6 Å². The number of anilines is 1. The van der Waals surface area contributed by atoms with E-state index in [-0.39, 0.29) is 12.1 Å². The SMILES string of the molecule is CO[C@H]1CNCC1Nc1cnnn1C. The molecule has 14 heavy (non-hydrogen) atoms. The van der Waals surface area contributed by atoms with Crippen LogP contribution in [0.1, 0.15) is 0 Å². The molecule has 2 rings (SSSR count). The lowest BCUT2D eigenvalue weighted by molar-refractivity contribution is 0.111. The van der Waals surface area contributed by atoms with Gasteiger partial charge in [-0.05, 0) is 0 Å². The maximum atomic E-state index is 5.34. The Bertz CT molecular complexity index is 300. The van der Waals surface area contributed by atoms with Gasteiger partial charge in [0.15, 0.2) is 0 Å². The first-order valence-corrected chi connectivity index (χ1v) is 4.66. The average Bonchev–Trinajstić information content (AvgIpc) is 2.77. The molecular weight excluding hydrogens is 182 g/mol. The largest absolute Gasteiger partial charge is 0.378 e. The van der Waals surface area contributed by atoms with E-state index in [0.29, 0.717) is 0 Å². The van der Waals surface area contributed by atoms with Gasteiger partial charge in [-0.2, -0.15) is 0 Å². The summed E-state index contributed by atoms with van der Waals surface area (Å²) in [7, 11) is 3.59. The quantitative estimate of drug-likeness (QED) is 0.665. The van der Waals surface area contributed by atoms with Gasteiger partial charge < -0.3 is 15.4 Å². The summed E-state index contributed by atoms with van der Waals surface area (Å²) in [5, 5.41) is 14.3. The van der Waals surface area contributed by atoms with Crippen molar-refractivity contribution in [3.63, 3.8) is 0 Å². The molecule has 78 valence electrons. The molecule has 2 atom stereocenters. The molecule has 1 saturated heterocycles. The molecule has 1 aliphatic rings. The van der Waals surface area contributed by atoms with Crippen molar-refractivity contribution in [2.75, 3.05) is 25.5 Å². The lowest BCUT2D eigenvalue weighted by Crippen LogP contribution is -2.34. The summed E-state index contributed by atoms with van der Waals surface area (Å²) < 4.78 is 7.05. The number of rotatable bonds is 3. The molecule has 6 nitrogen and oxygen atoms in total. The van der Waals surface area contributed by atoms with Crippen molar-refractivity contribution in [2.45, 2.75) is 12.1 Å². The van der Waals surface area contributed by atoms with E-state index in [1.807, 2.05) is 7.05 Å². The first-order chi connectivity index (χ1) is 6.81. The normalized spacial score (nSPS) is 26.7. The molecular formula is C8H15N5O. The number of nitrogens with one attached hydrogen (secondary N) is 2. The number of hydrogen-bond acceptors (Lipinski definition) is 5. The van der Waals surface area contributed by atoms with Crippen LogP contribution in [0, 0.1) is 0 Å². The molecule has 1 aliphatic heterocycles. The second-order valence-electron chi connectivity index (χ2n) is 3.43. The summed E-state index contributed by atoms with van der Waals surface area (Å²) in [6.45, 7) is 1.79. The van der Waals surface area contributed by atoms with E-state index in [4.69, 9.17) is 4.74 Å². The lowest BCUT2D eigenvalue weighted by atomic mass is 10.2. The number of nitrogens with zero attached hydrogens (tertiary/aromatic N) is 3. The Morgan fingerprint density at radius 3 is 3.14 bits per heavy atom. The maximum absolute atomic E-state index is 5.34. The molecule has 1 fully saturated rings. The minimum Gasteiger partial charge on any atom is -0.378 e. The number of aromatic nitrogens is 3. The zero-order chi connectivity index (χ0) is 9.97. The van der Waals surface area contributed by atoms with E-state index in [1.54, 1.807) is 18.0 Å². The number of hydrogen-bond donors (Lipinski definition) is 2. The van der Waals surface area contributed by atoms with Crippen molar-refractivity contribution in [1.82, 2.24) is 20.3 Å². The van der Waals surface area contributed by atoms with Gasteiger partial charge in [0.25, 0.3) is 0 Å². The summed E-state index contributed by atoms with van der Waals surface area (Å²) in [5.41, 5.74) is 0. The predicted octanol–water partition coefficient (Wildman–Crippen LogP) is -0.786. The fourth-order valence-corrected chi connectivity index (χ4v) is 1.66. The number of aryl methyl sites for hydroxylation is 1. The molecule has 0 aromatic carbocycles. The summed E-state index contributed by atoms with van der Waals surface area (Å²) >= 11 is 0. The standard InChI is InChI=1S/C8H15N5O/c1-13-8(5-10-12-13)11-6-3-9-4-7(6)14-2/h5-7,9,11H,3-4H2,1-2H3/t6?,7-/m0/s1. The molecule has 0 spiro atoms. The lowest BCUT2D eigenvalue weighted by Gasteiger charge is -2.18. The van der Waals surface area contributed by atoms with Gasteiger partial charge in [0.2, 0.25) is 0 Å². The maximum Gasteiger partial charge on any atom is 0.144 e. The second kappa shape index (κ2) is 3.93. The Morgan fingerprint density at radius 2 is 2.50 bits per heavy atom. The fourth-order valence-electron chi connectivity index (χ4n) is 1.66. The molecule has 1 aromatic rings. The van der Waals surface area contributed by atoms with Crippen LogP contribution in [0.3, 0.4) is 0 Å². The highest BCUT2D eigenvalue weighted by Crippen LogP contribution is 2.11. The number of ether oxygens (including phenoxy) is 1. The summed E-state index contributed by atoms with van der Waals surface area (Å²) in [6.07, 6.45) is 1.93. The minimum absolute atomic E-state index is 0.213. The van der Waals surface area contributed by atoms with Crippen LogP contribution in [0.2, 0.25) is 0 Å². The molecule has 0 bridgehead atoms. The van der Waals surface area contributed by atoms with Crippen molar-refractivity contribution in [3.05, 3.63) is 6.20 Å². The average molecular weight is 197 g/mol. The first kappa shape index (κ1) is 9.42. The fraction of sp³-hybridized carbons (Fsp3) is 0.750. The highest BCUT2D eigenvalue weighted by molar-refractivity contribution is 5.33. The summed E-state index contributed by atoms with van der Waals surface area (Å²) in [4.78, 5) is 0. The molecule has 0 amide bonds. The molecule has 2 N–H and O–H groups in total. The van der Waals surface area contributed by atoms with E-state index < -0.39 is 0 Å². The van der Waals surface area contributed by atoms with Gasteiger partial charge in [-0.15, -0.1) is 5.10 Å². The van der Waals surface area contributed by atoms with Crippen LogP contribution in [0.15, 0.2) is 6.20 Å². The van der Waals surface area contributed by atoms with E-state index in [2.05, 4.69) is 20.9 Å². The van der Waals surface area contributed by atoms with E-state index in [0.717, 1.165) is 18.9 Å². The zero-order valence-electron chi connectivity index (χ0n) is 8.40. The van der Waals surface area contributed by atoms with Crippen LogP contribution < -0.4 is 10.6 Å². The summed E-state index contributed by atoms with van der Waals surface area (Å²) in [6, 6.07) is 0.289. The van der Waals surface area contributed by atoms with Gasteiger partial charge >= 0.3 is 0 Å². The van der Waals surface area contributed by atoms with Crippen molar-refractivity contribution >= 4 is 5.82 Å². The van der Waals surface area contributed by atoms with Gasteiger partial charge in [-0.25, -0.2) is 4.68 Å². The molecule has 2 heterocycles. The molecule has 0 radical (unpaired) electrons. The number of methoxy groups -OCH3 is 1. The van der Waals surface area contributed by atoms with Crippen LogP contribution in [-0.2, 0) is 11.8 Å². The van der Waals surface area contributed by atoms with Crippen LogP contribution in [0.4, 0.5) is 5.82 Å². The Kier molecular flexibility index (Phi) is 2.64. The van der Waals surface area contributed by atoms with Gasteiger partial charge in [-0.3, -0.25) is 0 Å². The van der Waals surface area contributed by atoms with Crippen molar-refractivity contribution in [3.8, 4) is 0 Å². The van der Waals surface area contributed by atoms with Crippen molar-refractivity contribution < 1.29 is 4.74 Å². The highest BCUT2D eigenvalue weighted by Gasteiger charge is 2.27. The molecule has 0 aliphatic carbocycles. The van der Waals surface area contributed by atoms with Gasteiger partial charge in [-0.1, -0.05) is 5.21 Å². The zero-order valence-corrected chi connectivity index (χ0v) is 8.40. The Hall–Kier alpha value is -1.14. The monoisotopic (exact) mass is 197 g/mol. The van der Waals surface area contributed by atoms with Crippen molar-refractivity contribution in [2.24, 2.45) is 7.05 Å². The molecule has 6 heteroatoms. The molecule has 1 unspecified atom stereocenters. The third-order valence-corrected chi connectivity index (χ3v) is 2.51. The van der Waals surface area contributed by atoms with Crippen LogP contribution in [0.25, 0.3) is 0 Å². The van der Waals surface area contributed by atoms with Gasteiger partial charge in [0, 0.05) is 27.2 Å². The third-order valence-electron chi connectivity index (χ3n) is 2.51. The Morgan fingerprint density at radius 1 is 1.64 bits per heavy atom. The predicted molar refractivity (Wildman–Crippen MR) is 52.1 cm³/mol. The topological polar surface area (TPSA) is 64.0 Å². The second-order valence-corrected chi connectivity index (χ2v) is 3.43. The summed E-state index contributed by atoms with van der Waals surface area (Å²) in [5.74, 6) is 0.917. The molecule has 1 aromatic heterocycles. The van der Waals surface area contributed by atoms with Gasteiger partial charge in [0.05, 0.1) is 18.3 Å². The smallest absolute Gasteiger partial charge is 0.144 e. The molecule has 0 saturated carbocycles. The van der Waals surface area contributed by atoms with Crippen LogP contribution in [-0.4, -0.2) is 47.3 Å². The van der Waals surface area contributed by atoms with E-state index in [9.17, 15) is 0 Å². The van der Waals surface area contributed by atoms with Crippen LogP contribution >= 0.6 is 0 Å². The van der Waals surface area contributed by atoms with E-state index >= 15 is 0 Å². The minimum atomic E-state index is 0.213. The van der Waals surface area contributed by atoms with Crippen molar-refractivity contribution in [1.29, 1.82) is 0 Å². The first-order valence-electron chi connectivity index (χ1n) is 4.66.